The van der Waals surface area contributed by atoms with Gasteiger partial charge in [0, 0.05) is 44.5 Å². The third-order valence-electron chi connectivity index (χ3n) is 5.67. The smallest absolute Gasteiger partial charge is 0.251 e. The molecule has 1 aromatic carbocycles. The van der Waals surface area contributed by atoms with Crippen molar-refractivity contribution in [2.75, 3.05) is 31.1 Å². The molecule has 1 N–H and O–H groups in total. The van der Waals surface area contributed by atoms with Crippen molar-refractivity contribution in [3.8, 4) is 0 Å². The van der Waals surface area contributed by atoms with Gasteiger partial charge in [0.05, 0.1) is 4.90 Å². The number of nitrogens with zero attached hydrogens (tertiary/aromatic N) is 3. The molecule has 1 amide bonds. The van der Waals surface area contributed by atoms with Crippen LogP contribution in [0.3, 0.4) is 0 Å². The first-order valence-electron chi connectivity index (χ1n) is 11.0. The van der Waals surface area contributed by atoms with E-state index in [1.54, 1.807) is 22.6 Å². The second-order valence-electron chi connectivity index (χ2n) is 7.72. The number of nitrogens with one attached hydrogen (secondary N) is 1. The van der Waals surface area contributed by atoms with Gasteiger partial charge in [-0.15, -0.1) is 0 Å². The van der Waals surface area contributed by atoms with Crippen LogP contribution in [0, 0.1) is 0 Å². The lowest BCUT2D eigenvalue weighted by atomic mass is 10.2. The van der Waals surface area contributed by atoms with Gasteiger partial charge in [-0.05, 0) is 62.6 Å². The van der Waals surface area contributed by atoms with Crippen molar-refractivity contribution >= 4 is 21.7 Å². The zero-order chi connectivity index (χ0) is 22.3. The molecule has 168 valence electrons. The van der Waals surface area contributed by atoms with Gasteiger partial charge in [0.2, 0.25) is 10.0 Å². The molecule has 31 heavy (non-hydrogen) atoms. The van der Waals surface area contributed by atoms with Crippen LogP contribution in [0.15, 0.2) is 47.5 Å². The minimum absolute atomic E-state index is 0.238. The van der Waals surface area contributed by atoms with E-state index in [-0.39, 0.29) is 10.8 Å². The number of amides is 1. The Morgan fingerprint density at radius 2 is 1.65 bits per heavy atom. The van der Waals surface area contributed by atoms with Crippen LogP contribution in [0.4, 0.5) is 5.82 Å². The first kappa shape index (κ1) is 23.2. The van der Waals surface area contributed by atoms with E-state index in [1.165, 1.54) is 12.1 Å². The predicted molar refractivity (Wildman–Crippen MR) is 123 cm³/mol. The average molecular weight is 445 g/mol. The van der Waals surface area contributed by atoms with E-state index in [2.05, 4.69) is 29.0 Å². The summed E-state index contributed by atoms with van der Waals surface area (Å²) in [5.41, 5.74) is 1.34. The molecule has 0 spiro atoms. The summed E-state index contributed by atoms with van der Waals surface area (Å²) >= 11 is 0. The van der Waals surface area contributed by atoms with E-state index < -0.39 is 10.0 Å². The Bertz CT molecular complexity index is 947. The summed E-state index contributed by atoms with van der Waals surface area (Å²) in [6.07, 6.45) is 5.69. The molecule has 3 rings (SSSR count). The fourth-order valence-electron chi connectivity index (χ4n) is 3.75. The number of rotatable bonds is 8. The quantitative estimate of drug-likeness (QED) is 0.675. The summed E-state index contributed by atoms with van der Waals surface area (Å²) < 4.78 is 27.3. The van der Waals surface area contributed by atoms with E-state index in [0.717, 1.165) is 50.2 Å². The Balaban J connectivity index is 1.60. The molecule has 0 bridgehead atoms. The Kier molecular flexibility index (Phi) is 8.03. The molecule has 0 aliphatic carbocycles. The molecule has 1 fully saturated rings. The van der Waals surface area contributed by atoms with Crippen LogP contribution < -0.4 is 10.2 Å². The number of hydrogen-bond acceptors (Lipinski definition) is 5. The maximum Gasteiger partial charge on any atom is 0.251 e. The van der Waals surface area contributed by atoms with Crippen molar-refractivity contribution in [2.24, 2.45) is 0 Å². The van der Waals surface area contributed by atoms with Crippen molar-refractivity contribution in [1.82, 2.24) is 14.6 Å². The number of hydrogen-bond donors (Lipinski definition) is 1. The van der Waals surface area contributed by atoms with Crippen LogP contribution in [0.1, 0.15) is 55.5 Å². The number of benzene rings is 1. The van der Waals surface area contributed by atoms with Crippen molar-refractivity contribution in [3.63, 3.8) is 0 Å². The maximum absolute atomic E-state index is 12.9. The summed E-state index contributed by atoms with van der Waals surface area (Å²) in [5.74, 6) is 0.674. The Labute approximate surface area is 185 Å². The van der Waals surface area contributed by atoms with Gasteiger partial charge in [-0.1, -0.05) is 18.9 Å². The third-order valence-corrected chi connectivity index (χ3v) is 7.58. The van der Waals surface area contributed by atoms with Crippen LogP contribution in [0.25, 0.3) is 0 Å². The molecule has 1 aliphatic heterocycles. The minimum atomic E-state index is -3.51. The lowest BCUT2D eigenvalue weighted by Gasteiger charge is -2.20. The van der Waals surface area contributed by atoms with Gasteiger partial charge in [0.1, 0.15) is 5.82 Å². The first-order chi connectivity index (χ1) is 15.0. The molecule has 2 aromatic rings. The fourth-order valence-corrected chi connectivity index (χ4v) is 5.27. The highest BCUT2D eigenvalue weighted by Crippen LogP contribution is 2.20. The number of anilines is 1. The largest absolute Gasteiger partial charge is 0.357 e. The van der Waals surface area contributed by atoms with E-state index in [1.807, 2.05) is 12.1 Å². The van der Waals surface area contributed by atoms with E-state index in [4.69, 9.17) is 0 Å². The van der Waals surface area contributed by atoms with Gasteiger partial charge in [-0.25, -0.2) is 13.4 Å². The standard InChI is InChI=1S/C23H32N4O3S/c1-3-26(4-2)22-14-9-19(17-24-22)18-25-23(28)20-10-12-21(13-11-20)31(29,30)27-15-7-5-6-8-16-27/h9-14,17H,3-8,15-16,18H2,1-2H3,(H,25,28). The summed E-state index contributed by atoms with van der Waals surface area (Å²) in [6, 6.07) is 10.1. The molecule has 0 atom stereocenters. The summed E-state index contributed by atoms with van der Waals surface area (Å²) in [6.45, 7) is 7.44. The maximum atomic E-state index is 12.9. The normalized spacial score (nSPS) is 15.3. The number of carbonyl (C=O) groups is 1. The predicted octanol–water partition coefficient (Wildman–Crippen LogP) is 3.42. The molecular formula is C23H32N4O3S. The number of carbonyl (C=O) groups excluding carboxylic acids is 1. The number of sulfonamides is 1. The van der Waals surface area contributed by atoms with Gasteiger partial charge >= 0.3 is 0 Å². The molecule has 1 aromatic heterocycles. The molecule has 8 heteroatoms. The molecule has 0 radical (unpaired) electrons. The second-order valence-corrected chi connectivity index (χ2v) is 9.66. The van der Waals surface area contributed by atoms with E-state index >= 15 is 0 Å². The van der Waals surface area contributed by atoms with Gasteiger partial charge in [-0.2, -0.15) is 4.31 Å². The van der Waals surface area contributed by atoms with Crippen LogP contribution >= 0.6 is 0 Å². The zero-order valence-corrected chi connectivity index (χ0v) is 19.2. The molecule has 2 heterocycles. The monoisotopic (exact) mass is 444 g/mol. The van der Waals surface area contributed by atoms with Crippen molar-refractivity contribution in [2.45, 2.75) is 51.0 Å². The lowest BCUT2D eigenvalue weighted by Crippen LogP contribution is -2.32. The van der Waals surface area contributed by atoms with Gasteiger partial charge in [0.25, 0.3) is 5.91 Å². The highest BCUT2D eigenvalue weighted by atomic mass is 32.2. The molecule has 1 saturated heterocycles. The average Bonchev–Trinajstić information content (AvgIpc) is 3.09. The van der Waals surface area contributed by atoms with E-state index in [9.17, 15) is 13.2 Å². The fraction of sp³-hybridized carbons (Fsp3) is 0.478. The van der Waals surface area contributed by atoms with Crippen molar-refractivity contribution < 1.29 is 13.2 Å². The summed E-state index contributed by atoms with van der Waals surface area (Å²) in [7, 11) is -3.51. The molecule has 0 unspecified atom stereocenters. The van der Waals surface area contributed by atoms with Crippen molar-refractivity contribution in [3.05, 3.63) is 53.7 Å². The Morgan fingerprint density at radius 1 is 1.00 bits per heavy atom. The number of aromatic nitrogens is 1. The third kappa shape index (κ3) is 5.83. The molecular weight excluding hydrogens is 412 g/mol. The first-order valence-corrected chi connectivity index (χ1v) is 12.5. The molecule has 0 saturated carbocycles. The SMILES string of the molecule is CCN(CC)c1ccc(CNC(=O)c2ccc(S(=O)(=O)N3CCCCCC3)cc2)cn1. The van der Waals surface area contributed by atoms with Crippen LogP contribution in [-0.4, -0.2) is 49.8 Å². The Hall–Kier alpha value is -2.45. The minimum Gasteiger partial charge on any atom is -0.357 e. The summed E-state index contributed by atoms with van der Waals surface area (Å²) in [4.78, 5) is 19.4. The van der Waals surface area contributed by atoms with Crippen molar-refractivity contribution in [1.29, 1.82) is 0 Å². The lowest BCUT2D eigenvalue weighted by molar-refractivity contribution is 0.0950. The second kappa shape index (κ2) is 10.7. The molecule has 1 aliphatic rings. The van der Waals surface area contributed by atoms with Gasteiger partial charge in [0.15, 0.2) is 0 Å². The highest BCUT2D eigenvalue weighted by molar-refractivity contribution is 7.89. The zero-order valence-electron chi connectivity index (χ0n) is 18.4. The summed E-state index contributed by atoms with van der Waals surface area (Å²) in [5, 5.41) is 2.87. The van der Waals surface area contributed by atoms with Gasteiger partial charge < -0.3 is 10.2 Å². The Morgan fingerprint density at radius 3 is 2.19 bits per heavy atom. The topological polar surface area (TPSA) is 82.6 Å². The van der Waals surface area contributed by atoms with Crippen LogP contribution in [0.5, 0.6) is 0 Å². The van der Waals surface area contributed by atoms with Gasteiger partial charge in [-0.3, -0.25) is 4.79 Å². The number of pyridine rings is 1. The van der Waals surface area contributed by atoms with Crippen LogP contribution in [-0.2, 0) is 16.6 Å². The van der Waals surface area contributed by atoms with Crippen LogP contribution in [0.2, 0.25) is 0 Å². The van der Waals surface area contributed by atoms with E-state index in [0.29, 0.717) is 25.2 Å². The highest BCUT2D eigenvalue weighted by Gasteiger charge is 2.25. The molecule has 7 nitrogen and oxygen atoms in total.